The van der Waals surface area contributed by atoms with E-state index in [1.165, 1.54) is 18.2 Å². The van der Waals surface area contributed by atoms with Crippen molar-refractivity contribution in [3.05, 3.63) is 52.5 Å². The third kappa shape index (κ3) is 4.29. The van der Waals surface area contributed by atoms with Gasteiger partial charge in [-0.15, -0.1) is 0 Å². The van der Waals surface area contributed by atoms with Crippen molar-refractivity contribution in [2.24, 2.45) is 0 Å². The van der Waals surface area contributed by atoms with Crippen LogP contribution in [0.5, 0.6) is 5.75 Å². The first kappa shape index (κ1) is 17.0. The number of carbonyl (C=O) groups is 1. The van der Waals surface area contributed by atoms with Crippen molar-refractivity contribution < 1.29 is 22.7 Å². The van der Waals surface area contributed by atoms with Gasteiger partial charge in [0.05, 0.1) is 11.3 Å². The lowest BCUT2D eigenvalue weighted by atomic mass is 10.1. The smallest absolute Gasteiger partial charge is 0.410 e. The molecule has 2 aromatic carbocycles. The van der Waals surface area contributed by atoms with Crippen molar-refractivity contribution in [3.63, 3.8) is 0 Å². The number of rotatable bonds is 2. The lowest BCUT2D eigenvalue weighted by Crippen LogP contribution is -2.20. The van der Waals surface area contributed by atoms with Crippen LogP contribution in [0, 0.1) is 6.92 Å². The summed E-state index contributed by atoms with van der Waals surface area (Å²) in [6.45, 7) is 1.77. The van der Waals surface area contributed by atoms with E-state index in [-0.39, 0.29) is 10.8 Å². The molecule has 0 bridgehead atoms. The molecular formula is C15H12ClF3N2O2. The van der Waals surface area contributed by atoms with E-state index >= 15 is 0 Å². The maximum absolute atomic E-state index is 12.9. The minimum absolute atomic E-state index is 0.0949. The second-order valence-corrected chi connectivity index (χ2v) is 5.16. The quantitative estimate of drug-likeness (QED) is 0.765. The molecule has 2 aromatic rings. The number of hydrogen-bond donors (Lipinski definition) is 2. The maximum Gasteiger partial charge on any atom is 0.418 e. The summed E-state index contributed by atoms with van der Waals surface area (Å²) in [6.07, 6.45) is -5.73. The van der Waals surface area contributed by atoms with Crippen LogP contribution in [-0.4, -0.2) is 6.09 Å². The Labute approximate surface area is 135 Å². The molecule has 8 heteroatoms. The maximum atomic E-state index is 12.9. The highest BCUT2D eigenvalue weighted by Crippen LogP contribution is 2.36. The molecule has 0 fully saturated rings. The molecule has 0 aromatic heterocycles. The molecule has 3 N–H and O–H groups in total. The highest BCUT2D eigenvalue weighted by molar-refractivity contribution is 6.30. The van der Waals surface area contributed by atoms with E-state index in [9.17, 15) is 18.0 Å². The number of alkyl halides is 3. The molecule has 23 heavy (non-hydrogen) atoms. The number of nitrogens with one attached hydrogen (secondary N) is 1. The molecule has 0 spiro atoms. The Morgan fingerprint density at radius 2 is 1.91 bits per heavy atom. The fraction of sp³-hybridized carbons (Fsp3) is 0.133. The van der Waals surface area contributed by atoms with Gasteiger partial charge in [0.1, 0.15) is 5.75 Å². The average molecular weight is 345 g/mol. The van der Waals surface area contributed by atoms with Gasteiger partial charge in [-0.1, -0.05) is 17.7 Å². The van der Waals surface area contributed by atoms with Gasteiger partial charge in [-0.2, -0.15) is 13.2 Å². The van der Waals surface area contributed by atoms with Crippen LogP contribution in [0.1, 0.15) is 11.1 Å². The SMILES string of the molecule is Cc1ccc(OC(=O)Nc2ccc(Cl)cc2C(F)(F)F)cc1N. The minimum atomic E-state index is -4.66. The lowest BCUT2D eigenvalue weighted by molar-refractivity contribution is -0.136. The number of benzene rings is 2. The molecule has 0 saturated heterocycles. The van der Waals surface area contributed by atoms with Gasteiger partial charge in [-0.25, -0.2) is 4.79 Å². The van der Waals surface area contributed by atoms with Crippen LogP contribution in [-0.2, 0) is 6.18 Å². The van der Waals surface area contributed by atoms with Gasteiger partial charge in [0, 0.05) is 16.8 Å². The molecule has 0 unspecified atom stereocenters. The number of anilines is 2. The first-order chi connectivity index (χ1) is 10.7. The van der Waals surface area contributed by atoms with E-state index in [0.717, 1.165) is 17.7 Å². The van der Waals surface area contributed by atoms with E-state index in [1.807, 2.05) is 5.32 Å². The van der Waals surface area contributed by atoms with E-state index in [0.29, 0.717) is 5.69 Å². The number of amides is 1. The van der Waals surface area contributed by atoms with Crippen LogP contribution in [0.3, 0.4) is 0 Å². The number of nitrogen functional groups attached to an aromatic ring is 1. The Hall–Kier alpha value is -2.41. The molecule has 1 amide bonds. The Bertz CT molecular complexity index is 748. The van der Waals surface area contributed by atoms with E-state index < -0.39 is 23.5 Å². The van der Waals surface area contributed by atoms with Gasteiger partial charge in [-0.3, -0.25) is 5.32 Å². The summed E-state index contributed by atoms with van der Waals surface area (Å²) in [5, 5.41) is 1.95. The van der Waals surface area contributed by atoms with Crippen LogP contribution < -0.4 is 15.8 Å². The topological polar surface area (TPSA) is 64.3 Å². The second-order valence-electron chi connectivity index (χ2n) is 4.72. The minimum Gasteiger partial charge on any atom is -0.410 e. The largest absolute Gasteiger partial charge is 0.418 e. The van der Waals surface area contributed by atoms with Crippen molar-refractivity contribution in [2.75, 3.05) is 11.1 Å². The van der Waals surface area contributed by atoms with E-state index in [2.05, 4.69) is 0 Å². The van der Waals surface area contributed by atoms with Gasteiger partial charge in [0.25, 0.3) is 0 Å². The van der Waals surface area contributed by atoms with Crippen molar-refractivity contribution >= 4 is 29.1 Å². The number of aryl methyl sites for hydroxylation is 1. The van der Waals surface area contributed by atoms with Crippen molar-refractivity contribution in [3.8, 4) is 5.75 Å². The predicted octanol–water partition coefficient (Wildman–Crippen LogP) is 4.86. The molecule has 0 aliphatic carbocycles. The number of carbonyl (C=O) groups excluding carboxylic acids is 1. The monoisotopic (exact) mass is 344 g/mol. The molecule has 0 radical (unpaired) electrons. The highest BCUT2D eigenvalue weighted by atomic mass is 35.5. The van der Waals surface area contributed by atoms with Crippen LogP contribution in [0.15, 0.2) is 36.4 Å². The van der Waals surface area contributed by atoms with Gasteiger partial charge >= 0.3 is 12.3 Å². The molecule has 0 saturated carbocycles. The average Bonchev–Trinajstić information content (AvgIpc) is 2.44. The van der Waals surface area contributed by atoms with Crippen LogP contribution in [0.4, 0.5) is 29.3 Å². The summed E-state index contributed by atoms with van der Waals surface area (Å²) in [6, 6.07) is 7.52. The number of ether oxygens (including phenoxy) is 1. The lowest BCUT2D eigenvalue weighted by Gasteiger charge is -2.14. The molecule has 122 valence electrons. The summed E-state index contributed by atoms with van der Waals surface area (Å²) >= 11 is 5.56. The number of halogens is 4. The molecule has 2 rings (SSSR count). The van der Waals surface area contributed by atoms with Crippen LogP contribution in [0.2, 0.25) is 5.02 Å². The zero-order chi connectivity index (χ0) is 17.2. The Morgan fingerprint density at radius 1 is 1.22 bits per heavy atom. The number of nitrogens with two attached hydrogens (primary N) is 1. The first-order valence-electron chi connectivity index (χ1n) is 6.38. The van der Waals surface area contributed by atoms with Crippen molar-refractivity contribution in [1.29, 1.82) is 0 Å². The van der Waals surface area contributed by atoms with Gasteiger partial charge in [-0.05, 0) is 36.8 Å². The van der Waals surface area contributed by atoms with E-state index in [4.69, 9.17) is 22.1 Å². The summed E-state index contributed by atoms with van der Waals surface area (Å²) in [4.78, 5) is 11.8. The molecule has 0 heterocycles. The zero-order valence-corrected chi connectivity index (χ0v) is 12.6. The van der Waals surface area contributed by atoms with Gasteiger partial charge < -0.3 is 10.5 Å². The van der Waals surface area contributed by atoms with Crippen molar-refractivity contribution in [1.82, 2.24) is 0 Å². The Kier molecular flexibility index (Phi) is 4.70. The van der Waals surface area contributed by atoms with Crippen LogP contribution in [0.25, 0.3) is 0 Å². The zero-order valence-electron chi connectivity index (χ0n) is 11.9. The molecule has 0 atom stereocenters. The Morgan fingerprint density at radius 3 is 2.52 bits per heavy atom. The summed E-state index contributed by atoms with van der Waals surface area (Å²) < 4.78 is 43.7. The first-order valence-corrected chi connectivity index (χ1v) is 6.76. The number of hydrogen-bond acceptors (Lipinski definition) is 3. The third-order valence-electron chi connectivity index (χ3n) is 2.98. The Balaban J connectivity index is 2.19. The third-order valence-corrected chi connectivity index (χ3v) is 3.22. The standard InChI is InChI=1S/C15H12ClF3N2O2/c1-8-2-4-10(7-12(8)20)23-14(22)21-13-5-3-9(16)6-11(13)15(17,18)19/h2-7H,20H2,1H3,(H,21,22). The summed E-state index contributed by atoms with van der Waals surface area (Å²) in [5.41, 5.74) is 5.34. The normalized spacial score (nSPS) is 11.2. The predicted molar refractivity (Wildman–Crippen MR) is 81.7 cm³/mol. The summed E-state index contributed by atoms with van der Waals surface area (Å²) in [5.74, 6) is 0.119. The van der Waals surface area contributed by atoms with Crippen molar-refractivity contribution in [2.45, 2.75) is 13.1 Å². The van der Waals surface area contributed by atoms with E-state index in [1.54, 1.807) is 13.0 Å². The molecule has 0 aliphatic heterocycles. The molecule has 4 nitrogen and oxygen atoms in total. The highest BCUT2D eigenvalue weighted by Gasteiger charge is 2.34. The fourth-order valence-electron chi connectivity index (χ4n) is 1.78. The van der Waals surface area contributed by atoms with Crippen LogP contribution >= 0.6 is 11.6 Å². The second kappa shape index (κ2) is 6.37. The van der Waals surface area contributed by atoms with Gasteiger partial charge in [0.15, 0.2) is 0 Å². The fourth-order valence-corrected chi connectivity index (χ4v) is 1.96. The summed E-state index contributed by atoms with van der Waals surface area (Å²) in [7, 11) is 0. The molecule has 0 aliphatic rings. The van der Waals surface area contributed by atoms with Gasteiger partial charge in [0.2, 0.25) is 0 Å². The molecular weight excluding hydrogens is 333 g/mol.